The number of hydrogen-bond acceptors (Lipinski definition) is 5. The van der Waals surface area contributed by atoms with E-state index in [-0.39, 0.29) is 18.4 Å². The molecular formula is C7H9N5O3. The molecule has 1 aromatic heterocycles. The average Bonchev–Trinajstić information content (AvgIpc) is 2.88. The second-order valence-corrected chi connectivity index (χ2v) is 3.29. The molecule has 0 spiro atoms. The number of nitrogens with zero attached hydrogens (tertiary/aromatic N) is 4. The van der Waals surface area contributed by atoms with Crippen LogP contribution in [0.5, 0.6) is 0 Å². The standard InChI is InChI=1S/C7H9N5O3/c13-5(14)3-12(4-1-2-4)7(15)6-8-10-11-9-6/h4H,1-3H2,(H,13,14)(H,8,9,10,11). The summed E-state index contributed by atoms with van der Waals surface area (Å²) in [5.41, 5.74) is 0. The molecular weight excluding hydrogens is 202 g/mol. The van der Waals surface area contributed by atoms with Crippen LogP contribution in [0.25, 0.3) is 0 Å². The van der Waals surface area contributed by atoms with Crippen molar-refractivity contribution in [2.75, 3.05) is 6.54 Å². The van der Waals surface area contributed by atoms with E-state index in [1.54, 1.807) is 0 Å². The van der Waals surface area contributed by atoms with Crippen molar-refractivity contribution in [1.29, 1.82) is 0 Å². The number of aromatic amines is 1. The highest BCUT2D eigenvalue weighted by Gasteiger charge is 2.35. The third-order valence-corrected chi connectivity index (χ3v) is 2.09. The Labute approximate surface area is 84.3 Å². The minimum atomic E-state index is -1.04. The predicted molar refractivity (Wildman–Crippen MR) is 45.9 cm³/mol. The molecule has 0 radical (unpaired) electrons. The molecule has 0 bridgehead atoms. The SMILES string of the molecule is O=C(O)CN(C(=O)c1nn[nH]n1)C1CC1. The number of H-pyrrole nitrogens is 1. The van der Waals surface area contributed by atoms with Crippen molar-refractivity contribution in [3.8, 4) is 0 Å². The summed E-state index contributed by atoms with van der Waals surface area (Å²) in [6.45, 7) is -0.321. The van der Waals surface area contributed by atoms with Gasteiger partial charge in [-0.05, 0) is 18.1 Å². The fourth-order valence-corrected chi connectivity index (χ4v) is 1.28. The van der Waals surface area contributed by atoms with Gasteiger partial charge >= 0.3 is 5.97 Å². The number of tetrazole rings is 1. The molecule has 0 aromatic carbocycles. The Morgan fingerprint density at radius 3 is 2.73 bits per heavy atom. The Hall–Kier alpha value is -1.99. The van der Waals surface area contributed by atoms with E-state index in [0.29, 0.717) is 0 Å². The third kappa shape index (κ3) is 2.09. The fraction of sp³-hybridized carbons (Fsp3) is 0.571. The molecule has 0 atom stereocenters. The minimum absolute atomic E-state index is 0.00657. The first kappa shape index (κ1) is 9.56. The van der Waals surface area contributed by atoms with E-state index in [9.17, 15) is 9.59 Å². The molecule has 80 valence electrons. The lowest BCUT2D eigenvalue weighted by Crippen LogP contribution is -2.38. The number of amides is 1. The lowest BCUT2D eigenvalue weighted by atomic mass is 10.4. The van der Waals surface area contributed by atoms with Gasteiger partial charge in [-0.15, -0.1) is 10.2 Å². The van der Waals surface area contributed by atoms with Gasteiger partial charge in [-0.3, -0.25) is 9.59 Å². The number of carbonyl (C=O) groups is 2. The Kier molecular flexibility index (Phi) is 2.32. The molecule has 1 aliphatic rings. The van der Waals surface area contributed by atoms with Crippen molar-refractivity contribution in [1.82, 2.24) is 25.5 Å². The molecule has 1 heterocycles. The van der Waals surface area contributed by atoms with Crippen molar-refractivity contribution in [2.45, 2.75) is 18.9 Å². The summed E-state index contributed by atoms with van der Waals surface area (Å²) in [7, 11) is 0. The molecule has 0 unspecified atom stereocenters. The van der Waals surface area contributed by atoms with E-state index < -0.39 is 11.9 Å². The van der Waals surface area contributed by atoms with E-state index >= 15 is 0 Å². The van der Waals surface area contributed by atoms with Gasteiger partial charge in [0.25, 0.3) is 11.7 Å². The molecule has 0 aliphatic heterocycles. The summed E-state index contributed by atoms with van der Waals surface area (Å²) in [5, 5.41) is 21.1. The van der Waals surface area contributed by atoms with Gasteiger partial charge in [0, 0.05) is 6.04 Å². The van der Waals surface area contributed by atoms with Gasteiger partial charge in [0.15, 0.2) is 0 Å². The van der Waals surface area contributed by atoms with Crippen molar-refractivity contribution in [3.05, 3.63) is 5.82 Å². The largest absolute Gasteiger partial charge is 0.480 e. The molecule has 1 fully saturated rings. The molecule has 15 heavy (non-hydrogen) atoms. The van der Waals surface area contributed by atoms with Crippen LogP contribution < -0.4 is 0 Å². The third-order valence-electron chi connectivity index (χ3n) is 2.09. The first-order chi connectivity index (χ1) is 7.18. The highest BCUT2D eigenvalue weighted by molar-refractivity contribution is 5.92. The number of aliphatic carboxylic acids is 1. The van der Waals surface area contributed by atoms with E-state index in [1.165, 1.54) is 4.90 Å². The van der Waals surface area contributed by atoms with E-state index in [1.807, 2.05) is 0 Å². The summed E-state index contributed by atoms with van der Waals surface area (Å²) in [6.07, 6.45) is 1.66. The number of carboxylic acid groups (broad SMARTS) is 1. The second-order valence-electron chi connectivity index (χ2n) is 3.29. The zero-order chi connectivity index (χ0) is 10.8. The Morgan fingerprint density at radius 1 is 1.53 bits per heavy atom. The normalized spacial score (nSPS) is 14.9. The fourth-order valence-electron chi connectivity index (χ4n) is 1.28. The highest BCUT2D eigenvalue weighted by atomic mass is 16.4. The van der Waals surface area contributed by atoms with Gasteiger partial charge in [-0.2, -0.15) is 5.21 Å². The molecule has 1 aromatic rings. The van der Waals surface area contributed by atoms with Gasteiger partial charge in [-0.1, -0.05) is 0 Å². The van der Waals surface area contributed by atoms with Crippen LogP contribution in [0.4, 0.5) is 0 Å². The van der Waals surface area contributed by atoms with Crippen LogP contribution in [-0.2, 0) is 4.79 Å². The summed E-state index contributed by atoms with van der Waals surface area (Å²) < 4.78 is 0. The first-order valence-electron chi connectivity index (χ1n) is 4.44. The molecule has 2 rings (SSSR count). The minimum Gasteiger partial charge on any atom is -0.480 e. The monoisotopic (exact) mass is 211 g/mol. The van der Waals surface area contributed by atoms with Gasteiger partial charge in [0.1, 0.15) is 6.54 Å². The lowest BCUT2D eigenvalue weighted by Gasteiger charge is -2.17. The Balaban J connectivity index is 2.10. The van der Waals surface area contributed by atoms with Gasteiger partial charge in [0.05, 0.1) is 0 Å². The molecule has 8 heteroatoms. The molecule has 0 saturated heterocycles. The molecule has 1 saturated carbocycles. The number of carboxylic acids is 1. The van der Waals surface area contributed by atoms with E-state index in [4.69, 9.17) is 5.11 Å². The predicted octanol–water partition coefficient (Wildman–Crippen LogP) is -1.11. The van der Waals surface area contributed by atoms with Crippen LogP contribution in [0.2, 0.25) is 0 Å². The number of aromatic nitrogens is 4. The van der Waals surface area contributed by atoms with Crippen LogP contribution in [-0.4, -0.2) is 55.1 Å². The number of rotatable bonds is 4. The van der Waals surface area contributed by atoms with Crippen LogP contribution in [0.15, 0.2) is 0 Å². The maximum absolute atomic E-state index is 11.7. The van der Waals surface area contributed by atoms with E-state index in [2.05, 4.69) is 20.6 Å². The molecule has 8 nitrogen and oxygen atoms in total. The lowest BCUT2D eigenvalue weighted by molar-refractivity contribution is -0.137. The maximum Gasteiger partial charge on any atom is 0.323 e. The molecule has 2 N–H and O–H groups in total. The average molecular weight is 211 g/mol. The molecule has 1 amide bonds. The smallest absolute Gasteiger partial charge is 0.323 e. The number of carbonyl (C=O) groups excluding carboxylic acids is 1. The van der Waals surface area contributed by atoms with Crippen molar-refractivity contribution < 1.29 is 14.7 Å². The van der Waals surface area contributed by atoms with Crippen molar-refractivity contribution in [2.24, 2.45) is 0 Å². The van der Waals surface area contributed by atoms with E-state index in [0.717, 1.165) is 12.8 Å². The van der Waals surface area contributed by atoms with Crippen molar-refractivity contribution >= 4 is 11.9 Å². The quantitative estimate of drug-likeness (QED) is 0.653. The second kappa shape index (κ2) is 3.64. The van der Waals surface area contributed by atoms with Crippen LogP contribution in [0.1, 0.15) is 23.5 Å². The van der Waals surface area contributed by atoms with Crippen LogP contribution in [0.3, 0.4) is 0 Å². The Morgan fingerprint density at radius 2 is 2.27 bits per heavy atom. The zero-order valence-corrected chi connectivity index (χ0v) is 7.75. The number of nitrogens with one attached hydrogen (secondary N) is 1. The summed E-state index contributed by atoms with van der Waals surface area (Å²) in [4.78, 5) is 23.5. The Bertz CT molecular complexity index is 372. The summed E-state index contributed by atoms with van der Waals surface area (Å²) in [6, 6.07) is 0.00657. The summed E-state index contributed by atoms with van der Waals surface area (Å²) in [5.74, 6) is -1.63. The maximum atomic E-state index is 11.7. The first-order valence-corrected chi connectivity index (χ1v) is 4.44. The number of hydrogen-bond donors (Lipinski definition) is 2. The van der Waals surface area contributed by atoms with Gasteiger partial charge < -0.3 is 10.0 Å². The van der Waals surface area contributed by atoms with Crippen LogP contribution in [0, 0.1) is 0 Å². The molecule has 1 aliphatic carbocycles. The zero-order valence-electron chi connectivity index (χ0n) is 7.75. The van der Waals surface area contributed by atoms with Gasteiger partial charge in [0.2, 0.25) is 0 Å². The highest BCUT2D eigenvalue weighted by Crippen LogP contribution is 2.27. The summed E-state index contributed by atoms with van der Waals surface area (Å²) >= 11 is 0. The topological polar surface area (TPSA) is 112 Å². The van der Waals surface area contributed by atoms with Gasteiger partial charge in [-0.25, -0.2) is 0 Å². The van der Waals surface area contributed by atoms with Crippen LogP contribution >= 0.6 is 0 Å². The van der Waals surface area contributed by atoms with Crippen molar-refractivity contribution in [3.63, 3.8) is 0 Å².